The van der Waals surface area contributed by atoms with E-state index in [0.29, 0.717) is 17.7 Å². The van der Waals surface area contributed by atoms with Crippen LogP contribution in [0.5, 0.6) is 0 Å². The summed E-state index contributed by atoms with van der Waals surface area (Å²) in [4.78, 5) is 22.9. The molecule has 0 aliphatic carbocycles. The minimum absolute atomic E-state index is 0.363. The highest BCUT2D eigenvalue weighted by molar-refractivity contribution is 7.98. The van der Waals surface area contributed by atoms with Crippen molar-refractivity contribution in [1.29, 1.82) is 0 Å². The van der Waals surface area contributed by atoms with Crippen molar-refractivity contribution >= 4 is 23.6 Å². The normalized spacial score (nSPS) is 11.9. The van der Waals surface area contributed by atoms with Crippen LogP contribution in [-0.4, -0.2) is 29.9 Å². The fraction of sp³-hybridized carbons (Fsp3) is 0.429. The number of amides is 1. The lowest BCUT2D eigenvalue weighted by atomic mass is 10.1. The molecule has 1 aromatic rings. The molecule has 0 spiro atoms. The first kappa shape index (κ1) is 15.6. The van der Waals surface area contributed by atoms with Crippen molar-refractivity contribution in [2.45, 2.75) is 25.8 Å². The standard InChI is InChI=1S/C14H19NO3S/c1-3-10-4-6-11(7-5-10)13(16)15-12(14(17)18)8-9-19-2/h4-7,12H,3,8-9H2,1-2H3,(H,15,16)(H,17,18)/p-1/t12-/m1/s1. The summed E-state index contributed by atoms with van der Waals surface area (Å²) < 4.78 is 0. The number of carboxylic acid groups (broad SMARTS) is 1. The van der Waals surface area contributed by atoms with Crippen LogP contribution in [0.2, 0.25) is 0 Å². The van der Waals surface area contributed by atoms with Crippen molar-refractivity contribution in [2.24, 2.45) is 0 Å². The van der Waals surface area contributed by atoms with Crippen LogP contribution in [0, 0.1) is 0 Å². The maximum Gasteiger partial charge on any atom is 0.251 e. The van der Waals surface area contributed by atoms with Crippen LogP contribution in [0.25, 0.3) is 0 Å². The predicted molar refractivity (Wildman–Crippen MR) is 75.1 cm³/mol. The van der Waals surface area contributed by atoms with Crippen LogP contribution in [0.3, 0.4) is 0 Å². The van der Waals surface area contributed by atoms with Gasteiger partial charge in [-0.25, -0.2) is 0 Å². The zero-order valence-corrected chi connectivity index (χ0v) is 12.0. The third-order valence-electron chi connectivity index (χ3n) is 2.82. The number of carbonyl (C=O) groups excluding carboxylic acids is 2. The number of hydrogen-bond donors (Lipinski definition) is 1. The highest BCUT2D eigenvalue weighted by Crippen LogP contribution is 2.06. The van der Waals surface area contributed by atoms with Gasteiger partial charge in [0.05, 0.1) is 12.0 Å². The molecule has 104 valence electrons. The highest BCUT2D eigenvalue weighted by Gasteiger charge is 2.14. The molecule has 0 bridgehead atoms. The van der Waals surface area contributed by atoms with E-state index in [1.165, 1.54) is 11.8 Å². The first-order valence-electron chi connectivity index (χ1n) is 6.18. The van der Waals surface area contributed by atoms with Crippen molar-refractivity contribution in [3.8, 4) is 0 Å². The van der Waals surface area contributed by atoms with Crippen LogP contribution in [0.4, 0.5) is 0 Å². The first-order valence-corrected chi connectivity index (χ1v) is 7.57. The van der Waals surface area contributed by atoms with Crippen molar-refractivity contribution in [2.75, 3.05) is 12.0 Å². The molecule has 1 rings (SSSR count). The molecule has 0 radical (unpaired) electrons. The summed E-state index contributed by atoms with van der Waals surface area (Å²) in [7, 11) is 0. The van der Waals surface area contributed by atoms with Gasteiger partial charge >= 0.3 is 0 Å². The van der Waals surface area contributed by atoms with E-state index in [0.717, 1.165) is 12.0 Å². The topological polar surface area (TPSA) is 69.2 Å². The number of carboxylic acids is 1. The fourth-order valence-electron chi connectivity index (χ4n) is 1.62. The molecule has 19 heavy (non-hydrogen) atoms. The van der Waals surface area contributed by atoms with Gasteiger partial charge in [0.25, 0.3) is 5.91 Å². The van der Waals surface area contributed by atoms with Crippen molar-refractivity contribution in [3.63, 3.8) is 0 Å². The molecule has 1 atom stereocenters. The third kappa shape index (κ3) is 4.95. The van der Waals surface area contributed by atoms with Gasteiger partial charge in [-0.15, -0.1) is 0 Å². The van der Waals surface area contributed by atoms with Crippen molar-refractivity contribution in [1.82, 2.24) is 5.32 Å². The van der Waals surface area contributed by atoms with Gasteiger partial charge in [0, 0.05) is 5.56 Å². The summed E-state index contributed by atoms with van der Waals surface area (Å²) in [5.74, 6) is -0.959. The zero-order chi connectivity index (χ0) is 14.3. The number of benzene rings is 1. The molecule has 1 amide bonds. The minimum atomic E-state index is -1.24. The molecule has 1 N–H and O–H groups in total. The van der Waals surface area contributed by atoms with Gasteiger partial charge in [-0.3, -0.25) is 4.79 Å². The largest absolute Gasteiger partial charge is 0.548 e. The summed E-state index contributed by atoms with van der Waals surface area (Å²) in [6, 6.07) is 6.20. The monoisotopic (exact) mass is 280 g/mol. The number of hydrogen-bond acceptors (Lipinski definition) is 4. The molecular formula is C14H18NO3S-. The molecule has 0 unspecified atom stereocenters. The van der Waals surface area contributed by atoms with Gasteiger partial charge in [0.2, 0.25) is 0 Å². The number of carbonyl (C=O) groups is 2. The molecule has 0 heterocycles. The van der Waals surface area contributed by atoms with Crippen LogP contribution in [-0.2, 0) is 11.2 Å². The second-order valence-electron chi connectivity index (χ2n) is 4.18. The average Bonchev–Trinajstić information content (AvgIpc) is 2.43. The van der Waals surface area contributed by atoms with Crippen LogP contribution >= 0.6 is 11.8 Å². The van der Waals surface area contributed by atoms with E-state index in [1.807, 2.05) is 25.3 Å². The second kappa shape index (κ2) is 7.84. The van der Waals surface area contributed by atoms with E-state index < -0.39 is 12.0 Å². The van der Waals surface area contributed by atoms with Gasteiger partial charge in [-0.1, -0.05) is 19.1 Å². The molecule has 0 saturated carbocycles. The molecule has 4 nitrogen and oxygen atoms in total. The van der Waals surface area contributed by atoms with E-state index >= 15 is 0 Å². The van der Waals surface area contributed by atoms with Crippen LogP contribution in [0.15, 0.2) is 24.3 Å². The SMILES string of the molecule is CCc1ccc(C(=O)N[C@H](CCSC)C(=O)[O-])cc1. The molecule has 0 aliphatic heterocycles. The van der Waals surface area contributed by atoms with Crippen molar-refractivity contribution < 1.29 is 14.7 Å². The molecule has 1 aromatic carbocycles. The fourth-order valence-corrected chi connectivity index (χ4v) is 2.09. The van der Waals surface area contributed by atoms with Crippen LogP contribution < -0.4 is 10.4 Å². The molecule has 0 aliphatic rings. The van der Waals surface area contributed by atoms with Crippen LogP contribution in [0.1, 0.15) is 29.3 Å². The lowest BCUT2D eigenvalue weighted by molar-refractivity contribution is -0.308. The first-order chi connectivity index (χ1) is 9.08. The maximum absolute atomic E-state index is 11.9. The number of aryl methyl sites for hydroxylation is 1. The quantitative estimate of drug-likeness (QED) is 0.804. The second-order valence-corrected chi connectivity index (χ2v) is 5.16. The maximum atomic E-state index is 11.9. The lowest BCUT2D eigenvalue weighted by Crippen LogP contribution is -2.48. The smallest absolute Gasteiger partial charge is 0.251 e. The Hall–Kier alpha value is -1.49. The lowest BCUT2D eigenvalue weighted by Gasteiger charge is -2.19. The van der Waals surface area contributed by atoms with Gasteiger partial charge in [0.15, 0.2) is 0 Å². The van der Waals surface area contributed by atoms with Gasteiger partial charge in [0.1, 0.15) is 0 Å². The van der Waals surface area contributed by atoms with E-state index in [1.54, 1.807) is 12.1 Å². The van der Waals surface area contributed by atoms with Gasteiger partial charge in [-0.05, 0) is 42.5 Å². The van der Waals surface area contributed by atoms with Gasteiger partial charge < -0.3 is 15.2 Å². The van der Waals surface area contributed by atoms with Crippen molar-refractivity contribution in [3.05, 3.63) is 35.4 Å². The zero-order valence-electron chi connectivity index (χ0n) is 11.1. The Morgan fingerprint density at radius 3 is 2.42 bits per heavy atom. The Morgan fingerprint density at radius 1 is 1.32 bits per heavy atom. The third-order valence-corrected chi connectivity index (χ3v) is 3.47. The summed E-state index contributed by atoms with van der Waals surface area (Å²) in [5, 5.41) is 13.4. The Kier molecular flexibility index (Phi) is 6.42. The summed E-state index contributed by atoms with van der Waals surface area (Å²) >= 11 is 1.53. The van der Waals surface area contributed by atoms with E-state index in [-0.39, 0.29) is 5.91 Å². The molecule has 0 aromatic heterocycles. The Morgan fingerprint density at radius 2 is 1.95 bits per heavy atom. The summed E-state index contributed by atoms with van der Waals surface area (Å²) in [6.45, 7) is 2.03. The molecule has 5 heteroatoms. The van der Waals surface area contributed by atoms with E-state index in [9.17, 15) is 14.7 Å². The Bertz CT molecular complexity index is 431. The highest BCUT2D eigenvalue weighted by atomic mass is 32.2. The predicted octanol–water partition coefficient (Wildman–Crippen LogP) is 0.850. The van der Waals surface area contributed by atoms with Gasteiger partial charge in [-0.2, -0.15) is 11.8 Å². The number of nitrogens with one attached hydrogen (secondary N) is 1. The minimum Gasteiger partial charge on any atom is -0.548 e. The molecular weight excluding hydrogens is 262 g/mol. The number of aliphatic carboxylic acids is 1. The van der Waals surface area contributed by atoms with E-state index in [2.05, 4.69) is 5.32 Å². The molecule has 0 fully saturated rings. The number of thioether (sulfide) groups is 1. The Balaban J connectivity index is 2.67. The summed E-state index contributed by atoms with van der Waals surface area (Å²) in [6.07, 6.45) is 3.15. The number of rotatable bonds is 7. The Labute approximate surface area is 117 Å². The molecule has 0 saturated heterocycles. The summed E-state index contributed by atoms with van der Waals surface area (Å²) in [5.41, 5.74) is 1.60. The van der Waals surface area contributed by atoms with E-state index in [4.69, 9.17) is 0 Å². The average molecular weight is 280 g/mol.